The van der Waals surface area contributed by atoms with E-state index in [1.165, 1.54) is 0 Å². The molecule has 5 nitrogen and oxygen atoms in total. The molecular weight excluding hydrogens is 288 g/mol. The zero-order valence-corrected chi connectivity index (χ0v) is 14.7. The van der Waals surface area contributed by atoms with Crippen LogP contribution in [0.2, 0.25) is 0 Å². The number of benzene rings is 1. The molecule has 23 heavy (non-hydrogen) atoms. The number of nitrogens with one attached hydrogen (secondary N) is 1. The summed E-state index contributed by atoms with van der Waals surface area (Å²) in [5, 5.41) is 2.94. The summed E-state index contributed by atoms with van der Waals surface area (Å²) >= 11 is 0. The number of hydrogen-bond acceptors (Lipinski definition) is 2. The van der Waals surface area contributed by atoms with E-state index in [1.54, 1.807) is 6.07 Å². The largest absolute Gasteiger partial charge is 0.306 e. The standard InChI is InChI=1S/C18H24N4O/c1-17(2,3)11-15(23)21-16-20-13-9-8-12(19-7)10-14(13)22(16)18(4,5)6/h8-10H,11H2,1-6H3,(H,20,21,23). The van der Waals surface area contributed by atoms with Crippen LogP contribution in [0.5, 0.6) is 0 Å². The Morgan fingerprint density at radius 2 is 1.91 bits per heavy atom. The van der Waals surface area contributed by atoms with Crippen LogP contribution in [0.15, 0.2) is 18.2 Å². The molecule has 1 N–H and O–H groups in total. The molecule has 122 valence electrons. The van der Waals surface area contributed by atoms with Crippen LogP contribution in [-0.4, -0.2) is 15.5 Å². The maximum absolute atomic E-state index is 12.3. The third kappa shape index (κ3) is 3.89. The van der Waals surface area contributed by atoms with Crippen molar-refractivity contribution in [3.63, 3.8) is 0 Å². The minimum atomic E-state index is -0.264. The molecule has 0 saturated heterocycles. The van der Waals surface area contributed by atoms with Gasteiger partial charge in [0.2, 0.25) is 11.9 Å². The fourth-order valence-electron chi connectivity index (χ4n) is 2.55. The average Bonchev–Trinajstić information content (AvgIpc) is 2.72. The quantitative estimate of drug-likeness (QED) is 0.816. The lowest BCUT2D eigenvalue weighted by molar-refractivity contribution is -0.117. The molecule has 5 heteroatoms. The summed E-state index contributed by atoms with van der Waals surface area (Å²) in [6, 6.07) is 5.39. The molecule has 0 aliphatic heterocycles. The molecule has 0 atom stereocenters. The van der Waals surface area contributed by atoms with Gasteiger partial charge in [-0.05, 0) is 38.3 Å². The summed E-state index contributed by atoms with van der Waals surface area (Å²) in [4.78, 5) is 20.3. The predicted octanol–water partition coefficient (Wildman–Crippen LogP) is 4.72. The van der Waals surface area contributed by atoms with Gasteiger partial charge < -0.3 is 4.57 Å². The van der Waals surface area contributed by atoms with E-state index in [0.29, 0.717) is 18.1 Å². The van der Waals surface area contributed by atoms with Crippen LogP contribution in [0, 0.1) is 12.0 Å². The number of rotatable bonds is 2. The first-order valence-corrected chi connectivity index (χ1v) is 7.71. The Morgan fingerprint density at radius 3 is 2.43 bits per heavy atom. The lowest BCUT2D eigenvalue weighted by atomic mass is 9.92. The Balaban J connectivity index is 2.51. The molecule has 2 aromatic rings. The number of fused-ring (bicyclic) bond motifs is 1. The molecule has 0 unspecified atom stereocenters. The van der Waals surface area contributed by atoms with Gasteiger partial charge in [0, 0.05) is 12.0 Å². The van der Waals surface area contributed by atoms with Crippen molar-refractivity contribution in [2.45, 2.75) is 53.5 Å². The maximum Gasteiger partial charge on any atom is 0.227 e. The van der Waals surface area contributed by atoms with Gasteiger partial charge in [-0.15, -0.1) is 0 Å². The van der Waals surface area contributed by atoms with Gasteiger partial charge in [-0.25, -0.2) is 9.83 Å². The van der Waals surface area contributed by atoms with Gasteiger partial charge in [-0.2, -0.15) is 0 Å². The van der Waals surface area contributed by atoms with E-state index in [9.17, 15) is 4.79 Å². The number of hydrogen-bond donors (Lipinski definition) is 1. The second-order valence-corrected chi connectivity index (χ2v) is 8.01. The number of carbonyl (C=O) groups is 1. The topological polar surface area (TPSA) is 51.3 Å². The van der Waals surface area contributed by atoms with Crippen molar-refractivity contribution in [1.29, 1.82) is 0 Å². The lowest BCUT2D eigenvalue weighted by Gasteiger charge is -2.25. The fourth-order valence-corrected chi connectivity index (χ4v) is 2.55. The SMILES string of the molecule is [C-]#[N+]c1ccc2nc(NC(=O)CC(C)(C)C)n(C(C)(C)C)c2c1. The zero-order chi connectivity index (χ0) is 17.4. The highest BCUT2D eigenvalue weighted by atomic mass is 16.1. The van der Waals surface area contributed by atoms with Crippen molar-refractivity contribution >= 4 is 28.6 Å². The van der Waals surface area contributed by atoms with Gasteiger partial charge in [-0.1, -0.05) is 26.8 Å². The molecule has 0 spiro atoms. The van der Waals surface area contributed by atoms with Crippen LogP contribution in [0.25, 0.3) is 15.9 Å². The van der Waals surface area contributed by atoms with Crippen LogP contribution in [0.4, 0.5) is 11.6 Å². The van der Waals surface area contributed by atoms with Crippen molar-refractivity contribution in [1.82, 2.24) is 9.55 Å². The Hall–Kier alpha value is -2.35. The van der Waals surface area contributed by atoms with Crippen molar-refractivity contribution in [2.24, 2.45) is 5.41 Å². The third-order valence-corrected chi connectivity index (χ3v) is 3.38. The highest BCUT2D eigenvalue weighted by Crippen LogP contribution is 2.31. The number of aromatic nitrogens is 2. The highest BCUT2D eigenvalue weighted by molar-refractivity contribution is 5.92. The van der Waals surface area contributed by atoms with Crippen LogP contribution < -0.4 is 5.32 Å². The van der Waals surface area contributed by atoms with Crippen molar-refractivity contribution in [3.8, 4) is 0 Å². The van der Waals surface area contributed by atoms with Gasteiger partial charge in [-0.3, -0.25) is 10.1 Å². The number of imidazole rings is 1. The van der Waals surface area contributed by atoms with Crippen LogP contribution in [0.1, 0.15) is 48.0 Å². The molecule has 0 aliphatic carbocycles. The minimum Gasteiger partial charge on any atom is -0.306 e. The average molecular weight is 312 g/mol. The Labute approximate surface area is 137 Å². The molecule has 1 aromatic heterocycles. The van der Waals surface area contributed by atoms with Crippen molar-refractivity contribution in [2.75, 3.05) is 5.32 Å². The Morgan fingerprint density at radius 1 is 1.26 bits per heavy atom. The number of nitrogens with zero attached hydrogens (tertiary/aromatic N) is 3. The second kappa shape index (κ2) is 5.69. The summed E-state index contributed by atoms with van der Waals surface area (Å²) in [6.45, 7) is 19.4. The number of anilines is 1. The van der Waals surface area contributed by atoms with E-state index in [-0.39, 0.29) is 16.9 Å². The normalized spacial score (nSPS) is 12.2. The zero-order valence-electron chi connectivity index (χ0n) is 14.7. The fraction of sp³-hybridized carbons (Fsp3) is 0.500. The Kier molecular flexibility index (Phi) is 4.21. The first-order valence-electron chi connectivity index (χ1n) is 7.71. The lowest BCUT2D eigenvalue weighted by Crippen LogP contribution is -2.27. The van der Waals surface area contributed by atoms with Gasteiger partial charge >= 0.3 is 0 Å². The predicted molar refractivity (Wildman–Crippen MR) is 93.7 cm³/mol. The molecule has 0 aliphatic rings. The van der Waals surface area contributed by atoms with E-state index in [1.807, 2.05) is 37.5 Å². The molecule has 0 saturated carbocycles. The van der Waals surface area contributed by atoms with Gasteiger partial charge in [0.15, 0.2) is 5.69 Å². The molecule has 1 amide bonds. The molecule has 2 rings (SSSR count). The molecule has 1 aromatic carbocycles. The minimum absolute atomic E-state index is 0.0521. The summed E-state index contributed by atoms with van der Waals surface area (Å²) in [5.74, 6) is 0.479. The van der Waals surface area contributed by atoms with Crippen molar-refractivity contribution < 1.29 is 4.79 Å². The third-order valence-electron chi connectivity index (χ3n) is 3.38. The summed E-state index contributed by atoms with van der Waals surface area (Å²) < 4.78 is 1.98. The second-order valence-electron chi connectivity index (χ2n) is 8.01. The van der Waals surface area contributed by atoms with E-state index in [4.69, 9.17) is 6.57 Å². The first-order chi connectivity index (χ1) is 10.5. The molecule has 0 bridgehead atoms. The van der Waals surface area contributed by atoms with Crippen LogP contribution in [-0.2, 0) is 10.3 Å². The summed E-state index contributed by atoms with van der Waals surface area (Å²) in [5.41, 5.74) is 1.85. The molecule has 1 heterocycles. The smallest absolute Gasteiger partial charge is 0.227 e. The highest BCUT2D eigenvalue weighted by Gasteiger charge is 2.24. The molecular formula is C18H24N4O. The Bertz CT molecular complexity index is 782. The summed E-state index contributed by atoms with van der Waals surface area (Å²) in [7, 11) is 0. The number of carbonyl (C=O) groups excluding carboxylic acids is 1. The monoisotopic (exact) mass is 312 g/mol. The molecule has 0 fully saturated rings. The van der Waals surface area contributed by atoms with Gasteiger partial charge in [0.1, 0.15) is 0 Å². The first kappa shape index (κ1) is 17.0. The van der Waals surface area contributed by atoms with Crippen molar-refractivity contribution in [3.05, 3.63) is 29.6 Å². The number of amides is 1. The van der Waals surface area contributed by atoms with Gasteiger partial charge in [0.05, 0.1) is 17.6 Å². The van der Waals surface area contributed by atoms with E-state index in [0.717, 1.165) is 11.0 Å². The molecule has 0 radical (unpaired) electrons. The van der Waals surface area contributed by atoms with E-state index >= 15 is 0 Å². The van der Waals surface area contributed by atoms with E-state index in [2.05, 4.69) is 35.9 Å². The van der Waals surface area contributed by atoms with E-state index < -0.39 is 0 Å². The summed E-state index contributed by atoms with van der Waals surface area (Å²) in [6.07, 6.45) is 0.424. The van der Waals surface area contributed by atoms with Crippen LogP contribution >= 0.6 is 0 Å². The van der Waals surface area contributed by atoms with Gasteiger partial charge in [0.25, 0.3) is 0 Å². The van der Waals surface area contributed by atoms with Crippen LogP contribution in [0.3, 0.4) is 0 Å². The maximum atomic E-state index is 12.3.